The first-order chi connectivity index (χ1) is 13.2. The van der Waals surface area contributed by atoms with E-state index in [1.165, 1.54) is 0 Å². The maximum atomic E-state index is 11.7. The summed E-state index contributed by atoms with van der Waals surface area (Å²) >= 11 is 0. The van der Waals surface area contributed by atoms with Crippen molar-refractivity contribution in [1.82, 2.24) is 10.6 Å². The van der Waals surface area contributed by atoms with E-state index < -0.39 is 0 Å². The molecule has 176 valence electrons. The van der Waals surface area contributed by atoms with Crippen LogP contribution in [-0.4, -0.2) is 22.9 Å². The number of amides is 2. The van der Waals surface area contributed by atoms with Gasteiger partial charge in [0.1, 0.15) is 0 Å². The highest BCUT2D eigenvalue weighted by Crippen LogP contribution is 2.49. The fraction of sp³-hybridized carbons (Fsp3) is 0.923. The molecule has 2 saturated heterocycles. The maximum absolute atomic E-state index is 11.7. The zero-order valence-corrected chi connectivity index (χ0v) is 22.1. The van der Waals surface area contributed by atoms with Crippen molar-refractivity contribution in [1.29, 1.82) is 0 Å². The van der Waals surface area contributed by atoms with Crippen LogP contribution in [0.3, 0.4) is 0 Å². The molecule has 2 rings (SSSR count). The molecule has 0 unspecified atom stereocenters. The minimum Gasteiger partial charge on any atom is -0.350 e. The molecule has 0 aromatic rings. The molecule has 2 amide bonds. The van der Waals surface area contributed by atoms with Gasteiger partial charge in [-0.3, -0.25) is 9.59 Å². The lowest BCUT2D eigenvalue weighted by molar-refractivity contribution is -0.132. The molecule has 0 aliphatic carbocycles. The van der Waals surface area contributed by atoms with Crippen LogP contribution in [0.15, 0.2) is 0 Å². The van der Waals surface area contributed by atoms with Gasteiger partial charge in [-0.25, -0.2) is 0 Å². The fourth-order valence-corrected chi connectivity index (χ4v) is 6.25. The van der Waals surface area contributed by atoms with Gasteiger partial charge in [0.2, 0.25) is 11.8 Å². The van der Waals surface area contributed by atoms with Crippen molar-refractivity contribution in [2.45, 2.75) is 133 Å². The predicted octanol–water partition coefficient (Wildman–Crippen LogP) is 6.24. The Morgan fingerprint density at radius 1 is 0.533 bits per heavy atom. The number of rotatable bonds is 0. The maximum Gasteiger partial charge on any atom is 0.220 e. The quantitative estimate of drug-likeness (QED) is 0.486. The standard InChI is InChI=1S/2C13H25NO/c2*1-11(2,3)13(12(4,5)6)9-7-8-10(15)14-13/h2*7-9H2,1-6H3,(H,14,15). The fourth-order valence-electron chi connectivity index (χ4n) is 6.25. The monoisotopic (exact) mass is 422 g/mol. The third-order valence-corrected chi connectivity index (χ3v) is 7.74. The molecule has 2 aliphatic rings. The van der Waals surface area contributed by atoms with Crippen LogP contribution in [0.1, 0.15) is 122 Å². The Labute approximate surface area is 186 Å². The lowest BCUT2D eigenvalue weighted by atomic mass is 9.57. The Kier molecular flexibility index (Phi) is 7.61. The minimum atomic E-state index is -0.0741. The third-order valence-electron chi connectivity index (χ3n) is 7.74. The molecule has 2 aliphatic heterocycles. The van der Waals surface area contributed by atoms with Gasteiger partial charge in [-0.15, -0.1) is 0 Å². The molecule has 2 heterocycles. The van der Waals surface area contributed by atoms with Gasteiger partial charge in [-0.05, 0) is 47.3 Å². The average molecular weight is 423 g/mol. The van der Waals surface area contributed by atoms with E-state index in [9.17, 15) is 9.59 Å². The Balaban J connectivity index is 0.000000300. The van der Waals surface area contributed by atoms with Crippen molar-refractivity contribution in [3.05, 3.63) is 0 Å². The van der Waals surface area contributed by atoms with Gasteiger partial charge >= 0.3 is 0 Å². The van der Waals surface area contributed by atoms with Crippen LogP contribution in [-0.2, 0) is 9.59 Å². The molecular formula is C26H50N2O2. The van der Waals surface area contributed by atoms with Gasteiger partial charge in [-0.2, -0.15) is 0 Å². The van der Waals surface area contributed by atoms with Crippen LogP contribution >= 0.6 is 0 Å². The molecule has 2 N–H and O–H groups in total. The highest BCUT2D eigenvalue weighted by Gasteiger charge is 2.53. The van der Waals surface area contributed by atoms with Crippen molar-refractivity contribution in [3.63, 3.8) is 0 Å². The smallest absolute Gasteiger partial charge is 0.220 e. The van der Waals surface area contributed by atoms with Crippen LogP contribution < -0.4 is 10.6 Å². The summed E-state index contributed by atoms with van der Waals surface area (Å²) in [5, 5.41) is 6.54. The highest BCUT2D eigenvalue weighted by molar-refractivity contribution is 5.78. The largest absolute Gasteiger partial charge is 0.350 e. The summed E-state index contributed by atoms with van der Waals surface area (Å²) < 4.78 is 0. The van der Waals surface area contributed by atoms with Gasteiger partial charge in [0.15, 0.2) is 0 Å². The second kappa shape index (κ2) is 8.47. The molecule has 0 saturated carbocycles. The molecule has 4 heteroatoms. The Morgan fingerprint density at radius 2 is 0.767 bits per heavy atom. The summed E-state index contributed by atoms with van der Waals surface area (Å²) in [5.74, 6) is 0.428. The first-order valence-electron chi connectivity index (χ1n) is 11.8. The summed E-state index contributed by atoms with van der Waals surface area (Å²) in [6.07, 6.45) is 5.58. The predicted molar refractivity (Wildman–Crippen MR) is 127 cm³/mol. The average Bonchev–Trinajstić information content (AvgIpc) is 2.51. The third kappa shape index (κ3) is 5.22. The minimum absolute atomic E-state index is 0.0741. The topological polar surface area (TPSA) is 58.2 Å². The SMILES string of the molecule is CC(C)(C)C1(C(C)(C)C)CCCC(=O)N1.CC(C)(C)C1(C(C)(C)C)CCCC(=O)N1. The van der Waals surface area contributed by atoms with Crippen molar-refractivity contribution < 1.29 is 9.59 Å². The zero-order valence-electron chi connectivity index (χ0n) is 22.1. The van der Waals surface area contributed by atoms with Crippen LogP contribution in [0.5, 0.6) is 0 Å². The van der Waals surface area contributed by atoms with Crippen molar-refractivity contribution >= 4 is 11.8 Å². The van der Waals surface area contributed by atoms with Crippen molar-refractivity contribution in [2.24, 2.45) is 21.7 Å². The van der Waals surface area contributed by atoms with Crippen LogP contribution in [0.2, 0.25) is 0 Å². The van der Waals surface area contributed by atoms with E-state index in [2.05, 4.69) is 93.7 Å². The Hall–Kier alpha value is -1.06. The van der Waals surface area contributed by atoms with E-state index in [0.717, 1.165) is 25.7 Å². The van der Waals surface area contributed by atoms with Crippen LogP contribution in [0.25, 0.3) is 0 Å². The normalized spacial score (nSPS) is 22.4. The van der Waals surface area contributed by atoms with Gasteiger partial charge in [0.25, 0.3) is 0 Å². The molecule has 0 aromatic heterocycles. The summed E-state index contributed by atoms with van der Waals surface area (Å²) in [4.78, 5) is 23.3. The van der Waals surface area contributed by atoms with Gasteiger partial charge < -0.3 is 10.6 Å². The number of carbonyl (C=O) groups excluding carboxylic acids is 2. The number of carbonyl (C=O) groups is 2. The number of piperidine rings is 2. The Morgan fingerprint density at radius 3 is 0.900 bits per heavy atom. The number of hydrogen-bond acceptors (Lipinski definition) is 2. The summed E-state index contributed by atoms with van der Waals surface area (Å²) in [6, 6.07) is 0. The van der Waals surface area contributed by atoms with E-state index in [0.29, 0.717) is 12.8 Å². The van der Waals surface area contributed by atoms with Crippen LogP contribution in [0, 0.1) is 21.7 Å². The Bertz CT molecular complexity index is 537. The molecule has 0 aromatic carbocycles. The van der Waals surface area contributed by atoms with Crippen LogP contribution in [0.4, 0.5) is 0 Å². The van der Waals surface area contributed by atoms with Crippen molar-refractivity contribution in [2.75, 3.05) is 0 Å². The first kappa shape index (κ1) is 27.0. The lowest BCUT2D eigenvalue weighted by Crippen LogP contribution is -2.66. The molecule has 30 heavy (non-hydrogen) atoms. The van der Waals surface area contributed by atoms with E-state index in [1.54, 1.807) is 0 Å². The second-order valence-corrected chi connectivity index (χ2v) is 13.6. The van der Waals surface area contributed by atoms with E-state index in [4.69, 9.17) is 0 Å². The summed E-state index contributed by atoms with van der Waals surface area (Å²) in [7, 11) is 0. The first-order valence-corrected chi connectivity index (χ1v) is 11.8. The highest BCUT2D eigenvalue weighted by atomic mass is 16.2. The van der Waals surface area contributed by atoms with Gasteiger partial charge in [0.05, 0.1) is 0 Å². The van der Waals surface area contributed by atoms with E-state index in [1.807, 2.05) is 0 Å². The molecule has 0 bridgehead atoms. The molecule has 2 fully saturated rings. The van der Waals surface area contributed by atoms with E-state index in [-0.39, 0.29) is 44.6 Å². The van der Waals surface area contributed by atoms with Gasteiger partial charge in [0, 0.05) is 23.9 Å². The lowest BCUT2D eigenvalue weighted by Gasteiger charge is -2.56. The number of hydrogen-bond donors (Lipinski definition) is 2. The van der Waals surface area contributed by atoms with Gasteiger partial charge in [-0.1, -0.05) is 83.1 Å². The van der Waals surface area contributed by atoms with E-state index >= 15 is 0 Å². The molecule has 4 nitrogen and oxygen atoms in total. The summed E-state index contributed by atoms with van der Waals surface area (Å²) in [6.45, 7) is 26.7. The number of nitrogens with one attached hydrogen (secondary N) is 2. The molecule has 0 radical (unpaired) electrons. The molecular weight excluding hydrogens is 372 g/mol. The zero-order chi connectivity index (χ0) is 23.8. The molecule has 0 spiro atoms. The summed E-state index contributed by atoms with van der Waals surface area (Å²) in [5.41, 5.74) is 0.246. The van der Waals surface area contributed by atoms with Crippen molar-refractivity contribution in [3.8, 4) is 0 Å². The molecule has 0 atom stereocenters. The second-order valence-electron chi connectivity index (χ2n) is 13.6.